The van der Waals surface area contributed by atoms with E-state index in [1.807, 2.05) is 31.2 Å². The van der Waals surface area contributed by atoms with E-state index in [0.29, 0.717) is 32.8 Å². The van der Waals surface area contributed by atoms with Gasteiger partial charge in [0.15, 0.2) is 0 Å². The molecule has 3 rings (SSSR count). The molecule has 1 saturated heterocycles. The molecule has 144 valence electrons. The fraction of sp³-hybridized carbons (Fsp3) is 0.350. The van der Waals surface area contributed by atoms with Crippen LogP contribution < -0.4 is 15.0 Å². The van der Waals surface area contributed by atoms with Crippen LogP contribution in [0.1, 0.15) is 12.5 Å². The Kier molecular flexibility index (Phi) is 6.11. The van der Waals surface area contributed by atoms with E-state index in [0.717, 1.165) is 29.6 Å². The number of urea groups is 1. The minimum Gasteiger partial charge on any atom is -0.492 e. The lowest BCUT2D eigenvalue weighted by molar-refractivity contribution is 0.193. The van der Waals surface area contributed by atoms with Gasteiger partial charge in [-0.25, -0.2) is 13.6 Å². The molecular formula is C20H23F2N3O2. The quantitative estimate of drug-likeness (QED) is 0.871. The van der Waals surface area contributed by atoms with Crippen molar-refractivity contribution in [2.75, 3.05) is 37.7 Å². The van der Waals surface area contributed by atoms with E-state index in [1.165, 1.54) is 0 Å². The van der Waals surface area contributed by atoms with Crippen molar-refractivity contribution in [2.45, 2.75) is 13.5 Å². The summed E-state index contributed by atoms with van der Waals surface area (Å²) in [5.41, 5.74) is 1.15. The molecule has 0 radical (unpaired) electrons. The number of benzene rings is 2. The Morgan fingerprint density at radius 3 is 2.59 bits per heavy atom. The van der Waals surface area contributed by atoms with Crippen molar-refractivity contribution < 1.29 is 18.3 Å². The molecule has 1 heterocycles. The van der Waals surface area contributed by atoms with Crippen LogP contribution in [0.25, 0.3) is 0 Å². The third-order valence-corrected chi connectivity index (χ3v) is 4.51. The number of ether oxygens (including phenoxy) is 1. The molecule has 27 heavy (non-hydrogen) atoms. The minimum atomic E-state index is -0.533. The normalized spacial score (nSPS) is 14.2. The van der Waals surface area contributed by atoms with E-state index < -0.39 is 11.6 Å². The number of hydrogen-bond acceptors (Lipinski definition) is 3. The average Bonchev–Trinajstić information content (AvgIpc) is 2.69. The highest BCUT2D eigenvalue weighted by molar-refractivity contribution is 5.74. The van der Waals surface area contributed by atoms with Crippen molar-refractivity contribution in [1.82, 2.24) is 10.2 Å². The number of piperazine rings is 1. The van der Waals surface area contributed by atoms with Crippen LogP contribution in [-0.4, -0.2) is 43.7 Å². The van der Waals surface area contributed by atoms with Gasteiger partial charge in [-0.15, -0.1) is 0 Å². The Morgan fingerprint density at radius 2 is 1.85 bits per heavy atom. The lowest BCUT2D eigenvalue weighted by atomic mass is 10.2. The number of amides is 2. The third-order valence-electron chi connectivity index (χ3n) is 4.51. The molecule has 0 atom stereocenters. The zero-order valence-corrected chi connectivity index (χ0v) is 15.3. The molecular weight excluding hydrogens is 352 g/mol. The van der Waals surface area contributed by atoms with Gasteiger partial charge in [0.05, 0.1) is 12.3 Å². The number of nitrogens with one attached hydrogen (secondary N) is 1. The van der Waals surface area contributed by atoms with Crippen molar-refractivity contribution in [3.8, 4) is 5.75 Å². The van der Waals surface area contributed by atoms with Crippen LogP contribution >= 0.6 is 0 Å². The maximum Gasteiger partial charge on any atom is 0.317 e. The molecule has 2 aromatic carbocycles. The number of carbonyl (C=O) groups is 1. The number of anilines is 1. The second-order valence-electron chi connectivity index (χ2n) is 6.27. The zero-order valence-electron chi connectivity index (χ0n) is 15.3. The van der Waals surface area contributed by atoms with Gasteiger partial charge >= 0.3 is 6.03 Å². The molecule has 0 saturated carbocycles. The number of hydrogen-bond donors (Lipinski definition) is 1. The monoisotopic (exact) mass is 375 g/mol. The van der Waals surface area contributed by atoms with E-state index >= 15 is 0 Å². The molecule has 2 aromatic rings. The molecule has 1 fully saturated rings. The molecule has 7 heteroatoms. The Bertz CT molecular complexity index is 793. The first-order valence-electron chi connectivity index (χ1n) is 9.02. The minimum absolute atomic E-state index is 0.0458. The molecule has 0 unspecified atom stereocenters. The molecule has 1 N–H and O–H groups in total. The van der Waals surface area contributed by atoms with Crippen molar-refractivity contribution in [1.29, 1.82) is 0 Å². The Balaban J connectivity index is 1.54. The molecule has 1 aliphatic rings. The second-order valence-corrected chi connectivity index (χ2v) is 6.27. The molecule has 0 spiro atoms. The van der Waals surface area contributed by atoms with Crippen LogP contribution in [0.3, 0.4) is 0 Å². The van der Waals surface area contributed by atoms with Crippen LogP contribution in [0.5, 0.6) is 5.75 Å². The number of halogens is 2. The van der Waals surface area contributed by atoms with E-state index in [2.05, 4.69) is 10.2 Å². The van der Waals surface area contributed by atoms with Crippen molar-refractivity contribution in [3.63, 3.8) is 0 Å². The summed E-state index contributed by atoms with van der Waals surface area (Å²) in [5.74, 6) is -0.226. The summed E-state index contributed by atoms with van der Waals surface area (Å²) < 4.78 is 32.5. The number of para-hydroxylation sites is 2. The molecule has 0 aliphatic carbocycles. The lowest BCUT2D eigenvalue weighted by Crippen LogP contribution is -2.51. The highest BCUT2D eigenvalue weighted by Crippen LogP contribution is 2.28. The van der Waals surface area contributed by atoms with Gasteiger partial charge < -0.3 is 19.9 Å². The first-order chi connectivity index (χ1) is 13.1. The van der Waals surface area contributed by atoms with Gasteiger partial charge in [-0.05, 0) is 37.3 Å². The summed E-state index contributed by atoms with van der Waals surface area (Å²) in [7, 11) is 0. The Labute approximate surface area is 157 Å². The van der Waals surface area contributed by atoms with Gasteiger partial charge in [0.2, 0.25) is 0 Å². The van der Waals surface area contributed by atoms with Gasteiger partial charge in [-0.2, -0.15) is 0 Å². The van der Waals surface area contributed by atoms with Gasteiger partial charge in [0.1, 0.15) is 17.4 Å². The predicted molar refractivity (Wildman–Crippen MR) is 100.0 cm³/mol. The van der Waals surface area contributed by atoms with Gasteiger partial charge in [0, 0.05) is 38.3 Å². The SMILES string of the molecule is CCOc1ccccc1N1CCN(C(=O)NCc2cc(F)ccc2F)CC1. The summed E-state index contributed by atoms with van der Waals surface area (Å²) in [6.45, 7) is 4.92. The second kappa shape index (κ2) is 8.70. The molecule has 0 aromatic heterocycles. The van der Waals surface area contributed by atoms with Crippen LogP contribution in [0.2, 0.25) is 0 Å². The molecule has 2 amide bonds. The maximum absolute atomic E-state index is 13.7. The van der Waals surface area contributed by atoms with E-state index in [1.54, 1.807) is 4.90 Å². The number of nitrogens with zero attached hydrogens (tertiary/aromatic N) is 2. The number of carbonyl (C=O) groups excluding carboxylic acids is 1. The lowest BCUT2D eigenvalue weighted by Gasteiger charge is -2.36. The average molecular weight is 375 g/mol. The largest absolute Gasteiger partial charge is 0.492 e. The topological polar surface area (TPSA) is 44.8 Å². The van der Waals surface area contributed by atoms with E-state index in [9.17, 15) is 13.6 Å². The predicted octanol–water partition coefficient (Wildman–Crippen LogP) is 3.40. The van der Waals surface area contributed by atoms with Gasteiger partial charge in [0.25, 0.3) is 0 Å². The van der Waals surface area contributed by atoms with Gasteiger partial charge in [-0.3, -0.25) is 0 Å². The van der Waals surface area contributed by atoms with E-state index in [4.69, 9.17) is 4.74 Å². The highest BCUT2D eigenvalue weighted by Gasteiger charge is 2.23. The van der Waals surface area contributed by atoms with Crippen molar-refractivity contribution in [3.05, 3.63) is 59.7 Å². The van der Waals surface area contributed by atoms with Crippen LogP contribution in [-0.2, 0) is 6.54 Å². The van der Waals surface area contributed by atoms with Crippen molar-refractivity contribution in [2.24, 2.45) is 0 Å². The summed E-state index contributed by atoms with van der Waals surface area (Å²) in [5, 5.41) is 2.66. The summed E-state index contributed by atoms with van der Waals surface area (Å²) in [6, 6.07) is 10.8. The van der Waals surface area contributed by atoms with Gasteiger partial charge in [-0.1, -0.05) is 12.1 Å². The first kappa shape index (κ1) is 18.9. The van der Waals surface area contributed by atoms with Crippen LogP contribution in [0, 0.1) is 11.6 Å². The van der Waals surface area contributed by atoms with Crippen LogP contribution in [0.15, 0.2) is 42.5 Å². The Morgan fingerprint density at radius 1 is 1.11 bits per heavy atom. The Hall–Kier alpha value is -2.83. The first-order valence-corrected chi connectivity index (χ1v) is 9.02. The fourth-order valence-corrected chi connectivity index (χ4v) is 3.11. The highest BCUT2D eigenvalue weighted by atomic mass is 19.1. The molecule has 1 aliphatic heterocycles. The fourth-order valence-electron chi connectivity index (χ4n) is 3.11. The van der Waals surface area contributed by atoms with Crippen LogP contribution in [0.4, 0.5) is 19.3 Å². The van der Waals surface area contributed by atoms with Crippen molar-refractivity contribution >= 4 is 11.7 Å². The standard InChI is InChI=1S/C20H23F2N3O2/c1-2-27-19-6-4-3-5-18(19)24-9-11-25(12-10-24)20(26)23-14-15-13-16(21)7-8-17(15)22/h3-8,13H,2,9-12,14H2,1H3,(H,23,26). The number of rotatable bonds is 5. The smallest absolute Gasteiger partial charge is 0.317 e. The third kappa shape index (κ3) is 4.67. The maximum atomic E-state index is 13.7. The molecule has 5 nitrogen and oxygen atoms in total. The summed E-state index contributed by atoms with van der Waals surface area (Å²) >= 11 is 0. The molecule has 0 bridgehead atoms. The van der Waals surface area contributed by atoms with E-state index in [-0.39, 0.29) is 18.1 Å². The summed E-state index contributed by atoms with van der Waals surface area (Å²) in [4.78, 5) is 16.2. The zero-order chi connectivity index (χ0) is 19.2. The summed E-state index contributed by atoms with van der Waals surface area (Å²) in [6.07, 6.45) is 0.